The number of carbonyl (C=O) groups excluding carboxylic acids is 1. The molecule has 1 atom stereocenters. The van der Waals surface area contributed by atoms with E-state index in [4.69, 9.17) is 20.3 Å². The van der Waals surface area contributed by atoms with Crippen molar-refractivity contribution in [3.63, 3.8) is 0 Å². The Hall–Kier alpha value is -1.00. The maximum Gasteiger partial charge on any atom is 0.294 e. The molecule has 0 aromatic heterocycles. The van der Waals surface area contributed by atoms with Gasteiger partial charge in [-0.1, -0.05) is 6.07 Å². The Kier molecular flexibility index (Phi) is 8.13. The van der Waals surface area contributed by atoms with E-state index in [0.717, 1.165) is 0 Å². The summed E-state index contributed by atoms with van der Waals surface area (Å²) in [5, 5.41) is 2.52. The first-order valence-electron chi connectivity index (χ1n) is 6.69. The summed E-state index contributed by atoms with van der Waals surface area (Å²) in [6, 6.07) is 4.20. The summed E-state index contributed by atoms with van der Waals surface area (Å²) in [4.78, 5) is 11.5. The average Bonchev–Trinajstić information content (AvgIpc) is 2.46. The quantitative estimate of drug-likeness (QED) is 0.497. The number of carbonyl (C=O) groups is 1. The SMILES string of the molecule is Cc1ccc(NC(=O)CCCS(=O)OCCCl)cc1S(=O)(=O)O. The highest BCUT2D eigenvalue weighted by atomic mass is 35.5. The summed E-state index contributed by atoms with van der Waals surface area (Å²) in [6.07, 6.45) is 0.447. The summed E-state index contributed by atoms with van der Waals surface area (Å²) in [5.41, 5.74) is 0.630. The van der Waals surface area contributed by atoms with E-state index >= 15 is 0 Å². The zero-order chi connectivity index (χ0) is 17.5. The molecule has 130 valence electrons. The summed E-state index contributed by atoms with van der Waals surface area (Å²) >= 11 is 3.91. The van der Waals surface area contributed by atoms with Crippen LogP contribution in [0.15, 0.2) is 23.1 Å². The van der Waals surface area contributed by atoms with Gasteiger partial charge in [0.25, 0.3) is 10.1 Å². The Morgan fingerprint density at radius 2 is 2.13 bits per heavy atom. The lowest BCUT2D eigenvalue weighted by Crippen LogP contribution is -2.14. The van der Waals surface area contributed by atoms with Crippen molar-refractivity contribution in [2.24, 2.45) is 0 Å². The van der Waals surface area contributed by atoms with Crippen molar-refractivity contribution in [2.45, 2.75) is 24.7 Å². The second-order valence-electron chi connectivity index (χ2n) is 4.63. The molecule has 0 saturated carbocycles. The third-order valence-electron chi connectivity index (χ3n) is 2.76. The fourth-order valence-electron chi connectivity index (χ4n) is 1.71. The average molecular weight is 384 g/mol. The molecular weight excluding hydrogens is 366 g/mol. The summed E-state index contributed by atoms with van der Waals surface area (Å²) in [7, 11) is -4.35. The van der Waals surface area contributed by atoms with E-state index in [0.29, 0.717) is 12.0 Å². The Morgan fingerprint density at radius 3 is 2.74 bits per heavy atom. The number of rotatable bonds is 9. The summed E-state index contributed by atoms with van der Waals surface area (Å²) in [6.45, 7) is 1.72. The molecule has 0 radical (unpaired) electrons. The fourth-order valence-corrected chi connectivity index (χ4v) is 3.40. The first-order valence-corrected chi connectivity index (χ1v) is 9.91. The van der Waals surface area contributed by atoms with Crippen LogP contribution in [0.4, 0.5) is 5.69 Å². The number of benzene rings is 1. The zero-order valence-corrected chi connectivity index (χ0v) is 14.8. The van der Waals surface area contributed by atoms with Crippen molar-refractivity contribution >= 4 is 44.4 Å². The molecule has 1 aromatic rings. The van der Waals surface area contributed by atoms with Crippen LogP contribution in [0.25, 0.3) is 0 Å². The van der Waals surface area contributed by atoms with Crippen LogP contribution in [0.1, 0.15) is 18.4 Å². The highest BCUT2D eigenvalue weighted by Gasteiger charge is 2.14. The van der Waals surface area contributed by atoms with Crippen LogP contribution >= 0.6 is 11.6 Å². The van der Waals surface area contributed by atoms with E-state index in [1.165, 1.54) is 25.1 Å². The highest BCUT2D eigenvalue weighted by molar-refractivity contribution is 7.85. The van der Waals surface area contributed by atoms with Crippen molar-refractivity contribution in [2.75, 3.05) is 23.6 Å². The number of nitrogens with one attached hydrogen (secondary N) is 1. The summed E-state index contributed by atoms with van der Waals surface area (Å²) < 4.78 is 47.7. The molecule has 7 nitrogen and oxygen atoms in total. The molecule has 1 unspecified atom stereocenters. The minimum absolute atomic E-state index is 0.102. The predicted octanol–water partition coefficient (Wildman–Crippen LogP) is 1.88. The van der Waals surface area contributed by atoms with E-state index in [2.05, 4.69) is 5.32 Å². The Balaban J connectivity index is 2.54. The lowest BCUT2D eigenvalue weighted by molar-refractivity contribution is -0.116. The third kappa shape index (κ3) is 7.40. The van der Waals surface area contributed by atoms with Crippen molar-refractivity contribution in [1.29, 1.82) is 0 Å². The molecule has 1 aromatic carbocycles. The number of aryl methyl sites for hydroxylation is 1. The predicted molar refractivity (Wildman–Crippen MR) is 88.5 cm³/mol. The fraction of sp³-hybridized carbons (Fsp3) is 0.462. The number of amides is 1. The van der Waals surface area contributed by atoms with E-state index < -0.39 is 21.2 Å². The van der Waals surface area contributed by atoms with Crippen molar-refractivity contribution in [1.82, 2.24) is 0 Å². The van der Waals surface area contributed by atoms with Gasteiger partial charge in [-0.15, -0.1) is 11.6 Å². The maximum absolute atomic E-state index is 11.8. The van der Waals surface area contributed by atoms with Gasteiger partial charge in [0.1, 0.15) is 0 Å². The van der Waals surface area contributed by atoms with Crippen molar-refractivity contribution in [3.05, 3.63) is 23.8 Å². The van der Waals surface area contributed by atoms with Crippen LogP contribution in [-0.2, 0) is 30.2 Å². The molecule has 1 amide bonds. The second kappa shape index (κ2) is 9.33. The first-order chi connectivity index (χ1) is 10.7. The Morgan fingerprint density at radius 1 is 1.43 bits per heavy atom. The van der Waals surface area contributed by atoms with Gasteiger partial charge in [-0.2, -0.15) is 8.42 Å². The Bertz CT molecular complexity index is 677. The van der Waals surface area contributed by atoms with Gasteiger partial charge >= 0.3 is 0 Å². The van der Waals surface area contributed by atoms with Crippen molar-refractivity contribution in [3.8, 4) is 0 Å². The number of halogens is 1. The lowest BCUT2D eigenvalue weighted by Gasteiger charge is -2.08. The van der Waals surface area contributed by atoms with Crippen LogP contribution in [0, 0.1) is 6.92 Å². The van der Waals surface area contributed by atoms with Gasteiger partial charge in [0.05, 0.1) is 17.3 Å². The number of anilines is 1. The van der Waals surface area contributed by atoms with Gasteiger partial charge in [0.15, 0.2) is 11.1 Å². The third-order valence-corrected chi connectivity index (χ3v) is 4.96. The van der Waals surface area contributed by atoms with Crippen molar-refractivity contribution < 1.29 is 26.2 Å². The minimum Gasteiger partial charge on any atom is -0.326 e. The van der Waals surface area contributed by atoms with E-state index in [-0.39, 0.29) is 41.2 Å². The van der Waals surface area contributed by atoms with Crippen LogP contribution in [0.2, 0.25) is 0 Å². The van der Waals surface area contributed by atoms with E-state index in [1.807, 2.05) is 0 Å². The molecule has 0 bridgehead atoms. The molecule has 0 heterocycles. The van der Waals surface area contributed by atoms with Gasteiger partial charge < -0.3 is 5.32 Å². The molecule has 0 fully saturated rings. The smallest absolute Gasteiger partial charge is 0.294 e. The molecular formula is C13H18ClNO6S2. The standard InChI is InChI=1S/C13H18ClNO6S2/c1-10-4-5-11(9-12(10)23(18,19)20)15-13(16)3-2-8-22(17)21-7-6-14/h4-5,9H,2-3,6-8H2,1H3,(H,15,16)(H,18,19,20). The Labute approximate surface area is 142 Å². The second-order valence-corrected chi connectivity index (χ2v) is 7.65. The normalized spacial score (nSPS) is 12.8. The van der Waals surface area contributed by atoms with Gasteiger partial charge in [0.2, 0.25) is 5.91 Å². The number of hydrogen-bond donors (Lipinski definition) is 2. The summed E-state index contributed by atoms with van der Waals surface area (Å²) in [5.74, 6) is 0.0917. The number of alkyl halides is 1. The molecule has 0 aliphatic heterocycles. The molecule has 1 rings (SSSR count). The zero-order valence-electron chi connectivity index (χ0n) is 12.5. The molecule has 0 aliphatic carbocycles. The van der Waals surface area contributed by atoms with Gasteiger partial charge in [0, 0.05) is 18.0 Å². The van der Waals surface area contributed by atoms with Gasteiger partial charge in [-0.3, -0.25) is 13.5 Å². The van der Waals surface area contributed by atoms with Gasteiger partial charge in [-0.25, -0.2) is 4.21 Å². The number of hydrogen-bond acceptors (Lipinski definition) is 5. The monoisotopic (exact) mass is 383 g/mol. The van der Waals surface area contributed by atoms with Crippen LogP contribution in [0.3, 0.4) is 0 Å². The van der Waals surface area contributed by atoms with Crippen LogP contribution in [0.5, 0.6) is 0 Å². The van der Waals surface area contributed by atoms with Crippen LogP contribution in [-0.4, -0.2) is 41.3 Å². The first kappa shape index (κ1) is 20.0. The molecule has 0 spiro atoms. The highest BCUT2D eigenvalue weighted by Crippen LogP contribution is 2.20. The largest absolute Gasteiger partial charge is 0.326 e. The lowest BCUT2D eigenvalue weighted by atomic mass is 10.2. The van der Waals surface area contributed by atoms with Gasteiger partial charge in [-0.05, 0) is 31.0 Å². The molecule has 23 heavy (non-hydrogen) atoms. The van der Waals surface area contributed by atoms with Crippen LogP contribution < -0.4 is 5.32 Å². The maximum atomic E-state index is 11.8. The molecule has 0 saturated heterocycles. The molecule has 0 aliphatic rings. The van der Waals surface area contributed by atoms with E-state index in [9.17, 15) is 17.4 Å². The molecule has 10 heteroatoms. The van der Waals surface area contributed by atoms with E-state index in [1.54, 1.807) is 0 Å². The molecule has 2 N–H and O–H groups in total. The minimum atomic E-state index is -4.35. The topological polar surface area (TPSA) is 110 Å².